The van der Waals surface area contributed by atoms with E-state index in [0.717, 1.165) is 12.0 Å². The molecule has 1 fully saturated rings. The summed E-state index contributed by atoms with van der Waals surface area (Å²) < 4.78 is 0. The predicted molar refractivity (Wildman–Crippen MR) is 81.0 cm³/mol. The van der Waals surface area contributed by atoms with Gasteiger partial charge in [0.05, 0.1) is 9.95 Å². The summed E-state index contributed by atoms with van der Waals surface area (Å²) in [6, 6.07) is 5.17. The van der Waals surface area contributed by atoms with Crippen molar-refractivity contribution in [2.75, 3.05) is 0 Å². The number of hydrogen-bond acceptors (Lipinski definition) is 3. The first-order valence-corrected chi connectivity index (χ1v) is 7.41. The first kappa shape index (κ1) is 15.3. The highest BCUT2D eigenvalue weighted by atomic mass is 35.5. The van der Waals surface area contributed by atoms with Crippen molar-refractivity contribution in [3.63, 3.8) is 0 Å². The molecule has 0 heterocycles. The van der Waals surface area contributed by atoms with Crippen molar-refractivity contribution in [3.05, 3.63) is 38.9 Å². The van der Waals surface area contributed by atoms with Gasteiger partial charge < -0.3 is 5.32 Å². The molecule has 4 nitrogen and oxygen atoms in total. The van der Waals surface area contributed by atoms with E-state index in [9.17, 15) is 10.1 Å². The Labute approximate surface area is 124 Å². The second-order valence-corrected chi connectivity index (χ2v) is 6.78. The van der Waals surface area contributed by atoms with Crippen LogP contribution in [0.25, 0.3) is 0 Å². The van der Waals surface area contributed by atoms with Gasteiger partial charge in [-0.3, -0.25) is 10.1 Å². The van der Waals surface area contributed by atoms with Crippen LogP contribution in [0.2, 0.25) is 5.02 Å². The van der Waals surface area contributed by atoms with Gasteiger partial charge in [-0.15, -0.1) is 0 Å². The number of non-ortho nitro benzene ring substituents is 1. The highest BCUT2D eigenvalue weighted by Crippen LogP contribution is 2.35. The van der Waals surface area contributed by atoms with Crippen molar-refractivity contribution in [1.82, 2.24) is 5.32 Å². The fraction of sp³-hybridized carbons (Fsp3) is 0.600. The molecule has 110 valence electrons. The van der Waals surface area contributed by atoms with Gasteiger partial charge in [-0.2, -0.15) is 0 Å². The number of halogens is 1. The molecule has 1 atom stereocenters. The molecule has 0 bridgehead atoms. The van der Waals surface area contributed by atoms with Crippen LogP contribution in [0.5, 0.6) is 0 Å². The molecule has 2 rings (SSSR count). The molecule has 1 aromatic carbocycles. The summed E-state index contributed by atoms with van der Waals surface area (Å²) >= 11 is 6.10. The van der Waals surface area contributed by atoms with E-state index in [0.29, 0.717) is 23.0 Å². The zero-order chi connectivity index (χ0) is 14.8. The van der Waals surface area contributed by atoms with E-state index in [1.807, 2.05) is 0 Å². The average Bonchev–Trinajstić information content (AvgIpc) is 2.36. The lowest BCUT2D eigenvalue weighted by atomic mass is 9.75. The molecule has 5 heteroatoms. The summed E-state index contributed by atoms with van der Waals surface area (Å²) in [5.41, 5.74) is 1.35. The van der Waals surface area contributed by atoms with Crippen LogP contribution in [0.3, 0.4) is 0 Å². The zero-order valence-electron chi connectivity index (χ0n) is 12.0. The summed E-state index contributed by atoms with van der Waals surface area (Å²) in [6.07, 6.45) is 4.88. The maximum Gasteiger partial charge on any atom is 0.270 e. The van der Waals surface area contributed by atoms with Crippen molar-refractivity contribution >= 4 is 17.3 Å². The van der Waals surface area contributed by atoms with Gasteiger partial charge >= 0.3 is 0 Å². The summed E-state index contributed by atoms with van der Waals surface area (Å²) in [7, 11) is 0. The van der Waals surface area contributed by atoms with Crippen LogP contribution >= 0.6 is 11.6 Å². The van der Waals surface area contributed by atoms with E-state index in [1.54, 1.807) is 6.07 Å². The Hall–Kier alpha value is -1.13. The molecule has 1 aliphatic rings. The molecule has 1 saturated carbocycles. The molecule has 0 aromatic heterocycles. The third kappa shape index (κ3) is 3.93. The van der Waals surface area contributed by atoms with Crippen LogP contribution in [0.4, 0.5) is 5.69 Å². The normalized spacial score (nSPS) is 21.6. The second-order valence-electron chi connectivity index (χ2n) is 6.37. The molecule has 0 aliphatic heterocycles. The lowest BCUT2D eigenvalue weighted by Gasteiger charge is -2.35. The Kier molecular flexibility index (Phi) is 4.66. The molecule has 0 amide bonds. The molecule has 0 saturated heterocycles. The first-order chi connectivity index (χ1) is 9.37. The minimum absolute atomic E-state index is 0.0394. The minimum Gasteiger partial charge on any atom is -0.310 e. The van der Waals surface area contributed by atoms with Crippen molar-refractivity contribution in [2.45, 2.75) is 52.1 Å². The maximum atomic E-state index is 10.7. The van der Waals surface area contributed by atoms with Crippen molar-refractivity contribution in [1.29, 1.82) is 0 Å². The van der Waals surface area contributed by atoms with Crippen LogP contribution < -0.4 is 5.32 Å². The van der Waals surface area contributed by atoms with E-state index in [1.165, 1.54) is 31.4 Å². The van der Waals surface area contributed by atoms with Crippen LogP contribution in [0.15, 0.2) is 18.2 Å². The molecule has 20 heavy (non-hydrogen) atoms. The highest BCUT2D eigenvalue weighted by molar-refractivity contribution is 6.31. The van der Waals surface area contributed by atoms with Crippen molar-refractivity contribution in [2.24, 2.45) is 5.41 Å². The number of nitrogens with one attached hydrogen (secondary N) is 1. The Morgan fingerprint density at radius 2 is 2.25 bits per heavy atom. The monoisotopic (exact) mass is 296 g/mol. The van der Waals surface area contributed by atoms with Gasteiger partial charge in [-0.1, -0.05) is 31.9 Å². The Morgan fingerprint density at radius 3 is 2.85 bits per heavy atom. The summed E-state index contributed by atoms with van der Waals surface area (Å²) in [5.74, 6) is 0. The Morgan fingerprint density at radius 1 is 1.50 bits per heavy atom. The van der Waals surface area contributed by atoms with Gasteiger partial charge in [-0.05, 0) is 36.3 Å². The molecule has 1 aromatic rings. The van der Waals surface area contributed by atoms with Gasteiger partial charge in [0, 0.05) is 24.7 Å². The SMILES string of the molecule is CC1(C)CCCC(NCc2ccc([N+](=O)[O-])cc2Cl)C1. The van der Waals surface area contributed by atoms with Gasteiger partial charge in [0.15, 0.2) is 0 Å². The number of hydrogen-bond donors (Lipinski definition) is 1. The Bertz CT molecular complexity index is 503. The third-order valence-electron chi connectivity index (χ3n) is 4.03. The van der Waals surface area contributed by atoms with Gasteiger partial charge in [0.2, 0.25) is 0 Å². The van der Waals surface area contributed by atoms with Gasteiger partial charge in [0.1, 0.15) is 0 Å². The lowest BCUT2D eigenvalue weighted by Crippen LogP contribution is -2.36. The quantitative estimate of drug-likeness (QED) is 0.665. The topological polar surface area (TPSA) is 55.2 Å². The number of nitro benzene ring substituents is 1. The fourth-order valence-corrected chi connectivity index (χ4v) is 3.16. The van der Waals surface area contributed by atoms with Gasteiger partial charge in [-0.25, -0.2) is 0 Å². The number of nitrogens with zero attached hydrogens (tertiary/aromatic N) is 1. The molecule has 0 radical (unpaired) electrons. The maximum absolute atomic E-state index is 10.7. The fourth-order valence-electron chi connectivity index (χ4n) is 2.92. The number of nitro groups is 1. The van der Waals surface area contributed by atoms with Crippen LogP contribution in [-0.4, -0.2) is 11.0 Å². The second kappa shape index (κ2) is 6.10. The summed E-state index contributed by atoms with van der Waals surface area (Å²) in [5, 5.41) is 14.7. The van der Waals surface area contributed by atoms with E-state index in [4.69, 9.17) is 11.6 Å². The van der Waals surface area contributed by atoms with Crippen LogP contribution in [0.1, 0.15) is 45.1 Å². The van der Waals surface area contributed by atoms with Crippen LogP contribution in [0, 0.1) is 15.5 Å². The highest BCUT2D eigenvalue weighted by Gasteiger charge is 2.27. The van der Waals surface area contributed by atoms with E-state index >= 15 is 0 Å². The number of rotatable bonds is 4. The third-order valence-corrected chi connectivity index (χ3v) is 4.39. The van der Waals surface area contributed by atoms with Crippen molar-refractivity contribution < 1.29 is 4.92 Å². The van der Waals surface area contributed by atoms with E-state index < -0.39 is 4.92 Å². The standard InChI is InChI=1S/C15H21ClN2O2/c1-15(2)7-3-4-12(9-15)17-10-11-5-6-13(18(19)20)8-14(11)16/h5-6,8,12,17H,3-4,7,9-10H2,1-2H3. The Balaban J connectivity index is 1.95. The zero-order valence-corrected chi connectivity index (χ0v) is 12.7. The largest absolute Gasteiger partial charge is 0.310 e. The van der Waals surface area contributed by atoms with Crippen molar-refractivity contribution in [3.8, 4) is 0 Å². The smallest absolute Gasteiger partial charge is 0.270 e. The molecule has 1 unspecified atom stereocenters. The average molecular weight is 297 g/mol. The first-order valence-electron chi connectivity index (χ1n) is 7.04. The van der Waals surface area contributed by atoms with Gasteiger partial charge in [0.25, 0.3) is 5.69 Å². The lowest BCUT2D eigenvalue weighted by molar-refractivity contribution is -0.384. The predicted octanol–water partition coefficient (Wildman–Crippen LogP) is 4.31. The number of benzene rings is 1. The van der Waals surface area contributed by atoms with E-state index in [2.05, 4.69) is 19.2 Å². The summed E-state index contributed by atoms with van der Waals surface area (Å²) in [4.78, 5) is 10.2. The molecular formula is C15H21ClN2O2. The van der Waals surface area contributed by atoms with Crippen LogP contribution in [-0.2, 0) is 6.54 Å². The van der Waals surface area contributed by atoms with E-state index in [-0.39, 0.29) is 5.69 Å². The molecule has 1 aliphatic carbocycles. The molecule has 0 spiro atoms. The molecule has 1 N–H and O–H groups in total. The minimum atomic E-state index is -0.424. The molecular weight excluding hydrogens is 276 g/mol. The summed E-state index contributed by atoms with van der Waals surface area (Å²) in [6.45, 7) is 5.27.